The van der Waals surface area contributed by atoms with E-state index in [4.69, 9.17) is 28.3 Å². The molecule has 1 aromatic carbocycles. The lowest BCUT2D eigenvalue weighted by atomic mass is 10.00. The van der Waals surface area contributed by atoms with Crippen LogP contribution in [0.1, 0.15) is 31.2 Å². The van der Waals surface area contributed by atoms with Crippen molar-refractivity contribution in [1.29, 1.82) is 0 Å². The van der Waals surface area contributed by atoms with Gasteiger partial charge in [-0.15, -0.1) is 0 Å². The fraction of sp³-hybridized carbons (Fsp3) is 0.385. The Morgan fingerprint density at radius 2 is 1.95 bits per heavy atom. The third-order valence-corrected chi connectivity index (χ3v) is 4.10. The van der Waals surface area contributed by atoms with Crippen molar-refractivity contribution in [2.45, 2.75) is 31.2 Å². The first-order valence-electron chi connectivity index (χ1n) is 5.86. The zero-order valence-corrected chi connectivity index (χ0v) is 11.8. The smallest absolute Gasteiger partial charge is 0.329 e. The minimum atomic E-state index is -1.07. The second-order valence-electron chi connectivity index (χ2n) is 4.77. The molecule has 1 atom stereocenters. The number of hydrogen-bond donors (Lipinski definition) is 2. The third kappa shape index (κ3) is 2.85. The van der Waals surface area contributed by atoms with Crippen molar-refractivity contribution >= 4 is 35.1 Å². The van der Waals surface area contributed by atoms with Gasteiger partial charge in [-0.2, -0.15) is 0 Å². The standard InChI is InChI=1S/C13H13Cl2NO3/c1-7(8-2-3-9(14)10(15)6-8)11(17)16-13(4-5-13)12(18)19/h2-3,6-7H,4-5H2,1H3,(H,16,17)(H,18,19). The van der Waals surface area contributed by atoms with Gasteiger partial charge in [0.25, 0.3) is 0 Å². The fourth-order valence-corrected chi connectivity index (χ4v) is 2.10. The molecule has 1 amide bonds. The van der Waals surface area contributed by atoms with Crippen LogP contribution in [0, 0.1) is 0 Å². The molecule has 1 saturated carbocycles. The second-order valence-corrected chi connectivity index (χ2v) is 5.59. The predicted molar refractivity (Wildman–Crippen MR) is 72.6 cm³/mol. The Labute approximate surface area is 120 Å². The van der Waals surface area contributed by atoms with Gasteiger partial charge in [-0.1, -0.05) is 29.3 Å². The maximum absolute atomic E-state index is 12.0. The molecule has 6 heteroatoms. The van der Waals surface area contributed by atoms with Crippen molar-refractivity contribution in [3.05, 3.63) is 33.8 Å². The maximum atomic E-state index is 12.0. The number of carbonyl (C=O) groups is 2. The summed E-state index contributed by atoms with van der Waals surface area (Å²) in [6.45, 7) is 1.70. The predicted octanol–water partition coefficient (Wildman–Crippen LogP) is 2.83. The first-order chi connectivity index (χ1) is 8.85. The number of hydrogen-bond acceptors (Lipinski definition) is 2. The van der Waals surface area contributed by atoms with E-state index >= 15 is 0 Å². The van der Waals surface area contributed by atoms with Crippen LogP contribution in [0.2, 0.25) is 10.0 Å². The molecular formula is C13H13Cl2NO3. The lowest BCUT2D eigenvalue weighted by molar-refractivity contribution is -0.143. The Bertz CT molecular complexity index is 541. The first-order valence-corrected chi connectivity index (χ1v) is 6.62. The lowest BCUT2D eigenvalue weighted by Gasteiger charge is -2.17. The Morgan fingerprint density at radius 1 is 1.32 bits per heavy atom. The highest BCUT2D eigenvalue weighted by Crippen LogP contribution is 2.36. The fourth-order valence-electron chi connectivity index (χ4n) is 1.79. The topological polar surface area (TPSA) is 66.4 Å². The molecule has 0 aliphatic heterocycles. The van der Waals surface area contributed by atoms with E-state index in [9.17, 15) is 9.59 Å². The molecule has 19 heavy (non-hydrogen) atoms. The Kier molecular flexibility index (Phi) is 3.74. The van der Waals surface area contributed by atoms with Crippen molar-refractivity contribution in [2.75, 3.05) is 0 Å². The molecule has 0 radical (unpaired) electrons. The SMILES string of the molecule is CC(C(=O)NC1(C(=O)O)CC1)c1ccc(Cl)c(Cl)c1. The number of nitrogens with one attached hydrogen (secondary N) is 1. The number of benzene rings is 1. The molecule has 0 saturated heterocycles. The van der Waals surface area contributed by atoms with E-state index in [2.05, 4.69) is 5.32 Å². The van der Waals surface area contributed by atoms with Crippen LogP contribution >= 0.6 is 23.2 Å². The molecule has 4 nitrogen and oxygen atoms in total. The van der Waals surface area contributed by atoms with E-state index in [1.54, 1.807) is 25.1 Å². The van der Waals surface area contributed by atoms with E-state index in [1.165, 1.54) is 0 Å². The summed E-state index contributed by atoms with van der Waals surface area (Å²) in [5, 5.41) is 12.4. The third-order valence-electron chi connectivity index (χ3n) is 3.36. The molecule has 102 valence electrons. The van der Waals surface area contributed by atoms with E-state index in [0.29, 0.717) is 28.5 Å². The van der Waals surface area contributed by atoms with Gasteiger partial charge in [0, 0.05) is 0 Å². The molecule has 1 aliphatic rings. The van der Waals surface area contributed by atoms with Crippen molar-refractivity contribution in [2.24, 2.45) is 0 Å². The lowest BCUT2D eigenvalue weighted by Crippen LogP contribution is -2.44. The van der Waals surface area contributed by atoms with Gasteiger partial charge < -0.3 is 10.4 Å². The van der Waals surface area contributed by atoms with Crippen LogP contribution in [0.5, 0.6) is 0 Å². The van der Waals surface area contributed by atoms with Gasteiger partial charge in [-0.05, 0) is 37.5 Å². The van der Waals surface area contributed by atoms with Gasteiger partial charge >= 0.3 is 5.97 Å². The van der Waals surface area contributed by atoms with Crippen LogP contribution < -0.4 is 5.32 Å². The molecule has 1 aromatic rings. The van der Waals surface area contributed by atoms with Crippen LogP contribution in [0.3, 0.4) is 0 Å². The van der Waals surface area contributed by atoms with E-state index in [0.717, 1.165) is 0 Å². The van der Waals surface area contributed by atoms with Gasteiger partial charge in [0.05, 0.1) is 16.0 Å². The highest BCUT2D eigenvalue weighted by Gasteiger charge is 2.52. The van der Waals surface area contributed by atoms with Crippen LogP contribution in [-0.4, -0.2) is 22.5 Å². The molecule has 0 heterocycles. The summed E-state index contributed by atoms with van der Waals surface area (Å²) in [6.07, 6.45) is 0.949. The molecular weight excluding hydrogens is 289 g/mol. The Hall–Kier alpha value is -1.26. The number of carboxylic acid groups (broad SMARTS) is 1. The quantitative estimate of drug-likeness (QED) is 0.898. The van der Waals surface area contributed by atoms with Crippen LogP contribution in [0.4, 0.5) is 0 Å². The van der Waals surface area contributed by atoms with Gasteiger partial charge in [0.2, 0.25) is 5.91 Å². The molecule has 2 rings (SSSR count). The second kappa shape index (κ2) is 5.02. The average Bonchev–Trinajstić information content (AvgIpc) is 3.12. The number of carboxylic acids is 1. The number of amides is 1. The summed E-state index contributed by atoms with van der Waals surface area (Å²) < 4.78 is 0. The van der Waals surface area contributed by atoms with Gasteiger partial charge in [0.1, 0.15) is 5.54 Å². The van der Waals surface area contributed by atoms with Crippen molar-refractivity contribution in [1.82, 2.24) is 5.32 Å². The largest absolute Gasteiger partial charge is 0.480 e. The maximum Gasteiger partial charge on any atom is 0.329 e. The minimum Gasteiger partial charge on any atom is -0.480 e. The van der Waals surface area contributed by atoms with Crippen molar-refractivity contribution in [3.8, 4) is 0 Å². The normalized spacial score (nSPS) is 17.6. The number of aliphatic carboxylic acids is 1. The first kappa shape index (κ1) is 14.2. The molecule has 1 aliphatic carbocycles. The van der Waals surface area contributed by atoms with Crippen LogP contribution in [-0.2, 0) is 9.59 Å². The van der Waals surface area contributed by atoms with Gasteiger partial charge in [-0.25, -0.2) is 4.79 Å². The number of rotatable bonds is 4. The van der Waals surface area contributed by atoms with Crippen LogP contribution in [0.25, 0.3) is 0 Å². The van der Waals surface area contributed by atoms with E-state index < -0.39 is 17.4 Å². The summed E-state index contributed by atoms with van der Waals surface area (Å²) in [4.78, 5) is 23.1. The molecule has 0 aromatic heterocycles. The number of carbonyl (C=O) groups excluding carboxylic acids is 1. The number of halogens is 2. The summed E-state index contributed by atoms with van der Waals surface area (Å²) in [7, 11) is 0. The Morgan fingerprint density at radius 3 is 2.42 bits per heavy atom. The molecule has 0 spiro atoms. The monoisotopic (exact) mass is 301 g/mol. The van der Waals surface area contributed by atoms with Crippen molar-refractivity contribution < 1.29 is 14.7 Å². The van der Waals surface area contributed by atoms with Crippen LogP contribution in [0.15, 0.2) is 18.2 Å². The van der Waals surface area contributed by atoms with E-state index in [1.807, 2.05) is 0 Å². The van der Waals surface area contributed by atoms with Gasteiger partial charge in [-0.3, -0.25) is 4.79 Å². The Balaban J connectivity index is 2.11. The van der Waals surface area contributed by atoms with E-state index in [-0.39, 0.29) is 5.91 Å². The average molecular weight is 302 g/mol. The zero-order valence-electron chi connectivity index (χ0n) is 10.2. The highest BCUT2D eigenvalue weighted by molar-refractivity contribution is 6.42. The highest BCUT2D eigenvalue weighted by atomic mass is 35.5. The molecule has 1 unspecified atom stereocenters. The molecule has 1 fully saturated rings. The summed E-state index contributed by atoms with van der Waals surface area (Å²) >= 11 is 11.7. The summed E-state index contributed by atoms with van der Waals surface area (Å²) in [5.74, 6) is -1.79. The van der Waals surface area contributed by atoms with Gasteiger partial charge in [0.15, 0.2) is 0 Å². The molecule has 0 bridgehead atoms. The molecule has 2 N–H and O–H groups in total. The zero-order chi connectivity index (χ0) is 14.2. The van der Waals surface area contributed by atoms with Crippen molar-refractivity contribution in [3.63, 3.8) is 0 Å². The minimum absolute atomic E-state index is 0.321. The summed E-state index contributed by atoms with van der Waals surface area (Å²) in [5.41, 5.74) is -0.366. The summed E-state index contributed by atoms with van der Waals surface area (Å²) in [6, 6.07) is 4.94.